The lowest BCUT2D eigenvalue weighted by atomic mass is 10.1. The summed E-state index contributed by atoms with van der Waals surface area (Å²) in [6.45, 7) is 0.406. The van der Waals surface area contributed by atoms with Gasteiger partial charge in [-0.15, -0.1) is 0 Å². The molecule has 0 saturated heterocycles. The summed E-state index contributed by atoms with van der Waals surface area (Å²) >= 11 is 0. The number of methoxy groups -OCH3 is 1. The van der Waals surface area contributed by atoms with Gasteiger partial charge in [0.05, 0.1) is 6.61 Å². The lowest BCUT2D eigenvalue weighted by Gasteiger charge is -2.08. The van der Waals surface area contributed by atoms with Crippen LogP contribution >= 0.6 is 0 Å². The van der Waals surface area contributed by atoms with Crippen LogP contribution in [0.15, 0.2) is 18.2 Å². The SMILES string of the molecule is CNC(=O)c1cc(N)ccc1COC. The van der Waals surface area contributed by atoms with Crippen LogP contribution in [0.25, 0.3) is 0 Å². The molecule has 0 spiro atoms. The summed E-state index contributed by atoms with van der Waals surface area (Å²) in [5.41, 5.74) is 7.57. The third-order valence-electron chi connectivity index (χ3n) is 1.91. The highest BCUT2D eigenvalue weighted by Gasteiger charge is 2.09. The first kappa shape index (κ1) is 10.5. The van der Waals surface area contributed by atoms with E-state index in [4.69, 9.17) is 10.5 Å². The van der Waals surface area contributed by atoms with Crippen LogP contribution in [0.5, 0.6) is 0 Å². The second kappa shape index (κ2) is 4.62. The fraction of sp³-hybridized carbons (Fsp3) is 0.300. The number of carbonyl (C=O) groups excluding carboxylic acids is 1. The van der Waals surface area contributed by atoms with E-state index in [1.807, 2.05) is 0 Å². The minimum atomic E-state index is -0.149. The molecule has 0 saturated carbocycles. The summed E-state index contributed by atoms with van der Waals surface area (Å²) in [5.74, 6) is -0.149. The van der Waals surface area contributed by atoms with Crippen LogP contribution in [0.3, 0.4) is 0 Å². The van der Waals surface area contributed by atoms with Gasteiger partial charge in [-0.05, 0) is 17.7 Å². The van der Waals surface area contributed by atoms with E-state index in [1.165, 1.54) is 0 Å². The molecule has 1 amide bonds. The van der Waals surface area contributed by atoms with E-state index in [9.17, 15) is 4.79 Å². The van der Waals surface area contributed by atoms with Crippen molar-refractivity contribution in [2.45, 2.75) is 6.61 Å². The van der Waals surface area contributed by atoms with Crippen LogP contribution in [-0.4, -0.2) is 20.1 Å². The van der Waals surface area contributed by atoms with Crippen molar-refractivity contribution >= 4 is 11.6 Å². The maximum absolute atomic E-state index is 11.4. The standard InChI is InChI=1S/C10H14N2O2/c1-12-10(13)9-5-8(11)4-3-7(9)6-14-2/h3-5H,6,11H2,1-2H3,(H,12,13). The molecule has 0 aliphatic rings. The molecule has 3 N–H and O–H groups in total. The number of carbonyl (C=O) groups is 1. The van der Waals surface area contributed by atoms with Gasteiger partial charge in [0.15, 0.2) is 0 Å². The Hall–Kier alpha value is -1.55. The quantitative estimate of drug-likeness (QED) is 0.699. The molecule has 1 rings (SSSR count). The highest BCUT2D eigenvalue weighted by atomic mass is 16.5. The second-order valence-corrected chi connectivity index (χ2v) is 2.93. The molecule has 0 aromatic heterocycles. The Morgan fingerprint density at radius 1 is 1.57 bits per heavy atom. The number of rotatable bonds is 3. The highest BCUT2D eigenvalue weighted by Crippen LogP contribution is 2.14. The summed E-state index contributed by atoms with van der Waals surface area (Å²) in [7, 11) is 3.17. The molecule has 0 atom stereocenters. The molecule has 4 heteroatoms. The van der Waals surface area contributed by atoms with Crippen LogP contribution in [0, 0.1) is 0 Å². The van der Waals surface area contributed by atoms with Crippen LogP contribution in [0.4, 0.5) is 5.69 Å². The van der Waals surface area contributed by atoms with E-state index in [0.29, 0.717) is 17.9 Å². The zero-order valence-corrected chi connectivity index (χ0v) is 8.33. The minimum Gasteiger partial charge on any atom is -0.399 e. The van der Waals surface area contributed by atoms with E-state index in [1.54, 1.807) is 32.4 Å². The van der Waals surface area contributed by atoms with E-state index < -0.39 is 0 Å². The van der Waals surface area contributed by atoms with Crippen molar-refractivity contribution in [1.82, 2.24) is 5.32 Å². The summed E-state index contributed by atoms with van der Waals surface area (Å²) in [6, 6.07) is 5.19. The molecule has 0 bridgehead atoms. The number of nitrogen functional groups attached to an aromatic ring is 1. The summed E-state index contributed by atoms with van der Waals surface area (Å²) in [5, 5.41) is 2.56. The zero-order chi connectivity index (χ0) is 10.6. The van der Waals surface area contributed by atoms with Crippen LogP contribution < -0.4 is 11.1 Å². The predicted octanol–water partition coefficient (Wildman–Crippen LogP) is 0.775. The summed E-state index contributed by atoms with van der Waals surface area (Å²) in [6.07, 6.45) is 0. The van der Waals surface area contributed by atoms with Gasteiger partial charge in [0, 0.05) is 25.4 Å². The van der Waals surface area contributed by atoms with E-state index in [-0.39, 0.29) is 5.91 Å². The van der Waals surface area contributed by atoms with Crippen molar-refractivity contribution in [3.63, 3.8) is 0 Å². The normalized spacial score (nSPS) is 9.86. The molecule has 4 nitrogen and oxygen atoms in total. The Morgan fingerprint density at radius 3 is 2.86 bits per heavy atom. The molecule has 0 aliphatic heterocycles. The molecule has 0 heterocycles. The predicted molar refractivity (Wildman–Crippen MR) is 55.0 cm³/mol. The van der Waals surface area contributed by atoms with Crippen LogP contribution in [0.2, 0.25) is 0 Å². The van der Waals surface area contributed by atoms with E-state index in [0.717, 1.165) is 5.56 Å². The molecule has 14 heavy (non-hydrogen) atoms. The number of nitrogens with one attached hydrogen (secondary N) is 1. The third-order valence-corrected chi connectivity index (χ3v) is 1.91. The van der Waals surface area contributed by atoms with Gasteiger partial charge in [0.1, 0.15) is 0 Å². The number of hydrogen-bond acceptors (Lipinski definition) is 3. The number of ether oxygens (including phenoxy) is 1. The molecule has 0 radical (unpaired) electrons. The third kappa shape index (κ3) is 2.23. The maximum Gasteiger partial charge on any atom is 0.251 e. The van der Waals surface area contributed by atoms with Gasteiger partial charge in [0.2, 0.25) is 0 Å². The van der Waals surface area contributed by atoms with Gasteiger partial charge < -0.3 is 15.8 Å². The average Bonchev–Trinajstić information content (AvgIpc) is 2.20. The van der Waals surface area contributed by atoms with Crippen molar-refractivity contribution in [1.29, 1.82) is 0 Å². The number of amides is 1. The molecule has 0 unspecified atom stereocenters. The largest absolute Gasteiger partial charge is 0.399 e. The first-order valence-electron chi connectivity index (χ1n) is 4.28. The van der Waals surface area contributed by atoms with Gasteiger partial charge in [0.25, 0.3) is 5.91 Å². The Bertz CT molecular complexity index is 337. The van der Waals surface area contributed by atoms with Gasteiger partial charge in [-0.1, -0.05) is 6.07 Å². The monoisotopic (exact) mass is 194 g/mol. The van der Waals surface area contributed by atoms with E-state index >= 15 is 0 Å². The fourth-order valence-corrected chi connectivity index (χ4v) is 1.22. The van der Waals surface area contributed by atoms with Crippen molar-refractivity contribution in [3.05, 3.63) is 29.3 Å². The van der Waals surface area contributed by atoms with Gasteiger partial charge >= 0.3 is 0 Å². The van der Waals surface area contributed by atoms with Crippen molar-refractivity contribution < 1.29 is 9.53 Å². The molecule has 1 aromatic carbocycles. The fourth-order valence-electron chi connectivity index (χ4n) is 1.22. The molecular formula is C10H14N2O2. The Morgan fingerprint density at radius 2 is 2.29 bits per heavy atom. The van der Waals surface area contributed by atoms with Gasteiger partial charge in [-0.2, -0.15) is 0 Å². The Balaban J connectivity index is 3.08. The second-order valence-electron chi connectivity index (χ2n) is 2.93. The lowest BCUT2D eigenvalue weighted by Crippen LogP contribution is -2.20. The number of benzene rings is 1. The minimum absolute atomic E-state index is 0.149. The van der Waals surface area contributed by atoms with Crippen molar-refractivity contribution in [3.8, 4) is 0 Å². The molecule has 1 aromatic rings. The molecule has 76 valence electrons. The number of nitrogens with two attached hydrogens (primary N) is 1. The Kier molecular flexibility index (Phi) is 3.48. The van der Waals surface area contributed by atoms with Crippen molar-refractivity contribution in [2.75, 3.05) is 19.9 Å². The van der Waals surface area contributed by atoms with Crippen LogP contribution in [-0.2, 0) is 11.3 Å². The molecular weight excluding hydrogens is 180 g/mol. The first-order valence-corrected chi connectivity index (χ1v) is 4.28. The van der Waals surface area contributed by atoms with E-state index in [2.05, 4.69) is 5.32 Å². The first-order chi connectivity index (χ1) is 6.69. The molecule has 0 aliphatic carbocycles. The summed E-state index contributed by atoms with van der Waals surface area (Å²) < 4.78 is 4.98. The lowest BCUT2D eigenvalue weighted by molar-refractivity contribution is 0.0958. The smallest absolute Gasteiger partial charge is 0.251 e. The van der Waals surface area contributed by atoms with Crippen LogP contribution in [0.1, 0.15) is 15.9 Å². The zero-order valence-electron chi connectivity index (χ0n) is 8.33. The van der Waals surface area contributed by atoms with Gasteiger partial charge in [-0.3, -0.25) is 4.79 Å². The van der Waals surface area contributed by atoms with Gasteiger partial charge in [-0.25, -0.2) is 0 Å². The van der Waals surface area contributed by atoms with Crippen molar-refractivity contribution in [2.24, 2.45) is 0 Å². The highest BCUT2D eigenvalue weighted by molar-refractivity contribution is 5.96. The average molecular weight is 194 g/mol. The maximum atomic E-state index is 11.4. The summed E-state index contributed by atoms with van der Waals surface area (Å²) in [4.78, 5) is 11.4. The number of anilines is 1. The topological polar surface area (TPSA) is 64.4 Å². The number of hydrogen-bond donors (Lipinski definition) is 2. The molecule has 0 fully saturated rings. The Labute approximate surface area is 83.1 Å².